The molecule has 0 bridgehead atoms. The van der Waals surface area contributed by atoms with Gasteiger partial charge in [-0.1, -0.05) is 6.58 Å². The van der Waals surface area contributed by atoms with Gasteiger partial charge in [0, 0.05) is 12.5 Å². The molecule has 1 heterocycles. The van der Waals surface area contributed by atoms with Crippen molar-refractivity contribution in [1.29, 1.82) is 0 Å². The van der Waals surface area contributed by atoms with Crippen molar-refractivity contribution in [2.24, 2.45) is 0 Å². The average molecular weight is 229 g/mol. The van der Waals surface area contributed by atoms with E-state index in [0.29, 0.717) is 0 Å². The molecule has 6 nitrogen and oxygen atoms in total. The van der Waals surface area contributed by atoms with E-state index in [-0.39, 0.29) is 16.4 Å². The third-order valence-electron chi connectivity index (χ3n) is 1.72. The highest BCUT2D eigenvalue weighted by Gasteiger charge is 2.15. The second-order valence-corrected chi connectivity index (χ2v) is 4.99. The van der Waals surface area contributed by atoms with Gasteiger partial charge in [0.1, 0.15) is 10.8 Å². The maximum atomic E-state index is 11.4. The first-order chi connectivity index (χ1) is 6.82. The first-order valence-corrected chi connectivity index (χ1v) is 5.84. The summed E-state index contributed by atoms with van der Waals surface area (Å²) >= 11 is 0. The third kappa shape index (κ3) is 2.59. The number of hydrogen-bond donors (Lipinski definition) is 3. The minimum Gasteiger partial charge on any atom is -0.385 e. The monoisotopic (exact) mass is 229 g/mol. The lowest BCUT2D eigenvalue weighted by molar-refractivity contribution is 0.0969. The fraction of sp³-hybridized carbons (Fsp3) is 0.125. The molecule has 0 aliphatic heterocycles. The number of carbonyl (C=O) groups is 1. The number of amides is 1. The largest absolute Gasteiger partial charge is 0.385 e. The van der Waals surface area contributed by atoms with E-state index in [0.717, 1.165) is 6.26 Å². The zero-order valence-electron chi connectivity index (χ0n) is 8.07. The number of hydrogen-bond acceptors (Lipinski definition) is 4. The standard InChI is InChI=1S/C8H11N3O3S/c1-5(15(2,13)14)11-8(12)6-3-4-10-7(6)9/h3-4,10H,1,9H2,2H3,(H,11,12). The molecule has 82 valence electrons. The molecule has 0 aliphatic rings. The molecule has 15 heavy (non-hydrogen) atoms. The summed E-state index contributed by atoms with van der Waals surface area (Å²) in [7, 11) is -3.48. The predicted molar refractivity (Wildman–Crippen MR) is 56.7 cm³/mol. The fourth-order valence-electron chi connectivity index (χ4n) is 0.867. The SMILES string of the molecule is C=C(NC(=O)c1cc[nH]c1N)S(C)(=O)=O. The Morgan fingerprint density at radius 3 is 2.60 bits per heavy atom. The summed E-state index contributed by atoms with van der Waals surface area (Å²) in [5.74, 6) is -0.432. The Morgan fingerprint density at radius 2 is 2.20 bits per heavy atom. The normalized spacial score (nSPS) is 11.0. The molecule has 4 N–H and O–H groups in total. The molecule has 0 unspecified atom stereocenters. The van der Waals surface area contributed by atoms with Crippen molar-refractivity contribution >= 4 is 21.6 Å². The van der Waals surface area contributed by atoms with Crippen LogP contribution in [0.1, 0.15) is 10.4 Å². The van der Waals surface area contributed by atoms with Crippen molar-refractivity contribution in [3.63, 3.8) is 0 Å². The Labute approximate surface area is 87.1 Å². The van der Waals surface area contributed by atoms with Crippen molar-refractivity contribution < 1.29 is 13.2 Å². The van der Waals surface area contributed by atoms with Gasteiger partial charge in [0.15, 0.2) is 9.84 Å². The number of carbonyl (C=O) groups excluding carboxylic acids is 1. The Balaban J connectivity index is 2.83. The number of nitrogen functional groups attached to an aromatic ring is 1. The van der Waals surface area contributed by atoms with Gasteiger partial charge in [0.2, 0.25) is 0 Å². The van der Waals surface area contributed by atoms with E-state index >= 15 is 0 Å². The number of anilines is 1. The lowest BCUT2D eigenvalue weighted by Gasteiger charge is -2.05. The van der Waals surface area contributed by atoms with Crippen LogP contribution < -0.4 is 11.1 Å². The van der Waals surface area contributed by atoms with Crippen LogP contribution in [-0.2, 0) is 9.84 Å². The van der Waals surface area contributed by atoms with Crippen molar-refractivity contribution in [3.05, 3.63) is 29.4 Å². The van der Waals surface area contributed by atoms with Gasteiger partial charge < -0.3 is 16.0 Å². The van der Waals surface area contributed by atoms with Gasteiger partial charge in [0.05, 0.1) is 5.56 Å². The lowest BCUT2D eigenvalue weighted by Crippen LogP contribution is -2.26. The quantitative estimate of drug-likeness (QED) is 0.669. The van der Waals surface area contributed by atoms with Gasteiger partial charge in [-0.25, -0.2) is 8.42 Å². The second kappa shape index (κ2) is 3.77. The van der Waals surface area contributed by atoms with Crippen LogP contribution >= 0.6 is 0 Å². The zero-order valence-corrected chi connectivity index (χ0v) is 8.89. The number of aromatic nitrogens is 1. The highest BCUT2D eigenvalue weighted by molar-refractivity contribution is 7.94. The van der Waals surface area contributed by atoms with E-state index in [1.807, 2.05) is 0 Å². The van der Waals surface area contributed by atoms with Crippen LogP contribution in [0.15, 0.2) is 23.9 Å². The number of rotatable bonds is 3. The van der Waals surface area contributed by atoms with Crippen LogP contribution in [0.2, 0.25) is 0 Å². The number of nitrogens with one attached hydrogen (secondary N) is 2. The molecule has 0 fully saturated rings. The van der Waals surface area contributed by atoms with Crippen molar-refractivity contribution in [2.75, 3.05) is 12.0 Å². The summed E-state index contributed by atoms with van der Waals surface area (Å²) in [6.45, 7) is 3.23. The minimum absolute atomic E-state index is 0.175. The number of H-pyrrole nitrogens is 1. The third-order valence-corrected chi connectivity index (χ3v) is 2.72. The Morgan fingerprint density at radius 1 is 1.60 bits per heavy atom. The van der Waals surface area contributed by atoms with Gasteiger partial charge in [-0.05, 0) is 6.07 Å². The molecule has 0 spiro atoms. The highest BCUT2D eigenvalue weighted by atomic mass is 32.2. The first kappa shape index (κ1) is 11.3. The van der Waals surface area contributed by atoms with Crippen LogP contribution in [0, 0.1) is 0 Å². The molecule has 0 aliphatic carbocycles. The van der Waals surface area contributed by atoms with E-state index in [1.165, 1.54) is 12.3 Å². The smallest absolute Gasteiger partial charge is 0.259 e. The number of aromatic amines is 1. The molecular formula is C8H11N3O3S. The molecule has 0 radical (unpaired) electrons. The van der Waals surface area contributed by atoms with Crippen LogP contribution in [-0.4, -0.2) is 25.6 Å². The summed E-state index contributed by atoms with van der Waals surface area (Å²) in [4.78, 5) is 14.0. The van der Waals surface area contributed by atoms with Gasteiger partial charge in [-0.2, -0.15) is 0 Å². The molecule has 1 amide bonds. The molecular weight excluding hydrogens is 218 g/mol. The first-order valence-electron chi connectivity index (χ1n) is 3.95. The van der Waals surface area contributed by atoms with Crippen molar-refractivity contribution in [3.8, 4) is 0 Å². The summed E-state index contributed by atoms with van der Waals surface area (Å²) in [5.41, 5.74) is 5.61. The number of sulfone groups is 1. The Bertz CT molecular complexity index is 501. The van der Waals surface area contributed by atoms with E-state index in [9.17, 15) is 13.2 Å². The van der Waals surface area contributed by atoms with E-state index in [1.54, 1.807) is 0 Å². The molecule has 0 saturated heterocycles. The summed E-state index contributed by atoms with van der Waals surface area (Å²) in [5, 5.41) is 1.79. The Hall–Kier alpha value is -1.76. The highest BCUT2D eigenvalue weighted by Crippen LogP contribution is 2.09. The summed E-state index contributed by atoms with van der Waals surface area (Å²) in [6, 6.07) is 1.44. The lowest BCUT2D eigenvalue weighted by atomic mass is 10.3. The molecule has 1 aromatic rings. The molecule has 1 rings (SSSR count). The van der Waals surface area contributed by atoms with Crippen LogP contribution in [0.5, 0.6) is 0 Å². The van der Waals surface area contributed by atoms with Gasteiger partial charge in [-0.15, -0.1) is 0 Å². The summed E-state index contributed by atoms with van der Waals surface area (Å²) < 4.78 is 21.9. The minimum atomic E-state index is -3.48. The molecule has 7 heteroatoms. The number of nitrogens with two attached hydrogens (primary N) is 1. The van der Waals surface area contributed by atoms with Gasteiger partial charge in [0.25, 0.3) is 5.91 Å². The molecule has 0 saturated carbocycles. The van der Waals surface area contributed by atoms with Crippen LogP contribution in [0.25, 0.3) is 0 Å². The van der Waals surface area contributed by atoms with Gasteiger partial charge >= 0.3 is 0 Å². The molecule has 0 atom stereocenters. The van der Waals surface area contributed by atoms with Gasteiger partial charge in [-0.3, -0.25) is 4.79 Å². The van der Waals surface area contributed by atoms with E-state index in [2.05, 4.69) is 16.9 Å². The van der Waals surface area contributed by atoms with E-state index < -0.39 is 15.7 Å². The second-order valence-electron chi connectivity index (χ2n) is 2.95. The average Bonchev–Trinajstić information content (AvgIpc) is 2.49. The molecule has 1 aromatic heterocycles. The zero-order chi connectivity index (χ0) is 11.6. The maximum Gasteiger partial charge on any atom is 0.259 e. The topological polar surface area (TPSA) is 105 Å². The predicted octanol–water partition coefficient (Wildman–Crippen LogP) is -0.157. The maximum absolute atomic E-state index is 11.4. The van der Waals surface area contributed by atoms with Crippen LogP contribution in [0.4, 0.5) is 5.82 Å². The van der Waals surface area contributed by atoms with Crippen molar-refractivity contribution in [2.45, 2.75) is 0 Å². The van der Waals surface area contributed by atoms with Crippen molar-refractivity contribution in [1.82, 2.24) is 10.3 Å². The van der Waals surface area contributed by atoms with Crippen LogP contribution in [0.3, 0.4) is 0 Å². The molecule has 0 aromatic carbocycles. The summed E-state index contributed by atoms with van der Waals surface area (Å²) in [6.07, 6.45) is 2.43. The fourth-order valence-corrected chi connectivity index (χ4v) is 1.15. The Kier molecular flexibility index (Phi) is 2.85. The van der Waals surface area contributed by atoms with E-state index in [4.69, 9.17) is 5.73 Å².